The fourth-order valence-corrected chi connectivity index (χ4v) is 4.09. The van der Waals surface area contributed by atoms with E-state index in [4.69, 9.17) is 9.88 Å². The summed E-state index contributed by atoms with van der Waals surface area (Å²) in [4.78, 5) is 3.49. The Labute approximate surface area is 165 Å². The molecule has 0 bridgehead atoms. The second-order valence-corrected chi connectivity index (χ2v) is 8.60. The van der Waals surface area contributed by atoms with E-state index in [1.165, 1.54) is 6.07 Å². The molecule has 2 aromatic carbocycles. The van der Waals surface area contributed by atoms with Crippen LogP contribution in [0, 0.1) is 0 Å². The zero-order chi connectivity index (χ0) is 18.0. The van der Waals surface area contributed by atoms with Crippen molar-refractivity contribution in [2.24, 2.45) is 5.14 Å². The molecule has 0 aliphatic carbocycles. The van der Waals surface area contributed by atoms with Gasteiger partial charge in [-0.3, -0.25) is 4.90 Å². The third-order valence-corrected chi connectivity index (χ3v) is 6.13. The molecule has 1 aliphatic rings. The lowest BCUT2D eigenvalue weighted by Gasteiger charge is -2.23. The van der Waals surface area contributed by atoms with E-state index in [2.05, 4.69) is 4.90 Å². The molecule has 0 amide bonds. The number of hydrogen-bond acceptors (Lipinski definition) is 5. The summed E-state index contributed by atoms with van der Waals surface area (Å²) >= 11 is 1.67. The molecule has 1 unspecified atom stereocenters. The average molecular weight is 415 g/mol. The van der Waals surface area contributed by atoms with Crippen molar-refractivity contribution in [2.75, 3.05) is 19.8 Å². The number of likely N-dealkylation sites (tertiary alicyclic amines) is 1. The molecule has 1 fully saturated rings. The Kier molecular flexibility index (Phi) is 6.99. The van der Waals surface area contributed by atoms with Crippen molar-refractivity contribution in [3.63, 3.8) is 0 Å². The van der Waals surface area contributed by atoms with Crippen LogP contribution in [0.4, 0.5) is 0 Å². The zero-order valence-electron chi connectivity index (χ0n) is 14.7. The third-order valence-electron chi connectivity index (χ3n) is 4.48. The highest BCUT2D eigenvalue weighted by Crippen LogP contribution is 2.39. The topological polar surface area (TPSA) is 72.6 Å². The summed E-state index contributed by atoms with van der Waals surface area (Å²) in [6.07, 6.45) is 4.06. The highest BCUT2D eigenvalue weighted by Gasteiger charge is 2.27. The Morgan fingerprint density at radius 3 is 2.42 bits per heavy atom. The Hall–Kier alpha value is -1.25. The number of nitrogens with zero attached hydrogens (tertiary/aromatic N) is 1. The molecule has 2 aromatic rings. The van der Waals surface area contributed by atoms with E-state index in [0.717, 1.165) is 35.6 Å². The number of primary sulfonamides is 1. The molecular formula is C18H23ClN2O3S2. The molecule has 1 saturated heterocycles. The normalized spacial score (nSPS) is 17.7. The van der Waals surface area contributed by atoms with Gasteiger partial charge in [-0.2, -0.15) is 0 Å². The number of halogens is 1. The summed E-state index contributed by atoms with van der Waals surface area (Å²) in [5, 5.41) is 5.31. The van der Waals surface area contributed by atoms with Crippen LogP contribution in [0.3, 0.4) is 0 Å². The summed E-state index contributed by atoms with van der Waals surface area (Å²) in [5.41, 5.74) is 0.862. The van der Waals surface area contributed by atoms with E-state index < -0.39 is 10.0 Å². The maximum atomic E-state index is 11.7. The van der Waals surface area contributed by atoms with E-state index in [-0.39, 0.29) is 23.3 Å². The lowest BCUT2D eigenvalue weighted by molar-refractivity contribution is 0.309. The first kappa shape index (κ1) is 21.1. The molecule has 0 saturated carbocycles. The van der Waals surface area contributed by atoms with Crippen LogP contribution in [0.15, 0.2) is 52.3 Å². The highest BCUT2D eigenvalue weighted by atomic mass is 35.5. The first-order valence-corrected chi connectivity index (χ1v) is 10.8. The van der Waals surface area contributed by atoms with Gasteiger partial charge in [0, 0.05) is 16.5 Å². The van der Waals surface area contributed by atoms with E-state index in [0.29, 0.717) is 5.75 Å². The van der Waals surface area contributed by atoms with Gasteiger partial charge in [0.2, 0.25) is 10.0 Å². The number of benzene rings is 2. The number of ether oxygens (including phenoxy) is 1. The maximum absolute atomic E-state index is 11.7. The number of hydrogen-bond donors (Lipinski definition) is 1. The van der Waals surface area contributed by atoms with Crippen LogP contribution in [-0.2, 0) is 10.0 Å². The van der Waals surface area contributed by atoms with Gasteiger partial charge in [-0.15, -0.1) is 24.2 Å². The Morgan fingerprint density at radius 1 is 1.19 bits per heavy atom. The predicted molar refractivity (Wildman–Crippen MR) is 108 cm³/mol. The monoisotopic (exact) mass is 414 g/mol. The number of sulfonamides is 1. The molecule has 8 heteroatoms. The minimum Gasteiger partial charge on any atom is -0.457 e. The Balaban J connectivity index is 0.00000243. The fourth-order valence-electron chi connectivity index (χ4n) is 3.13. The second kappa shape index (κ2) is 8.63. The van der Waals surface area contributed by atoms with E-state index in [1.807, 2.05) is 37.6 Å². The molecule has 0 radical (unpaired) electrons. The van der Waals surface area contributed by atoms with Crippen molar-refractivity contribution in [3.05, 3.63) is 48.0 Å². The minimum absolute atomic E-state index is 0. The van der Waals surface area contributed by atoms with Gasteiger partial charge in [-0.25, -0.2) is 13.6 Å². The standard InChI is InChI=1S/C18H22N2O3S2.ClH/c1-20-11-3-4-17(20)16-12-15(25(19,21)22)9-10-18(16)23-13-5-7-14(24-2)8-6-13;/h5-10,12,17H,3-4,11H2,1-2H3,(H2,19,21,22);1H. The van der Waals surface area contributed by atoms with Gasteiger partial charge in [0.25, 0.3) is 0 Å². The number of thioether (sulfide) groups is 1. The first-order valence-electron chi connectivity index (χ1n) is 8.07. The van der Waals surface area contributed by atoms with Crippen molar-refractivity contribution in [1.29, 1.82) is 0 Å². The van der Waals surface area contributed by atoms with Gasteiger partial charge >= 0.3 is 0 Å². The molecule has 1 heterocycles. The molecule has 2 N–H and O–H groups in total. The lowest BCUT2D eigenvalue weighted by atomic mass is 10.0. The maximum Gasteiger partial charge on any atom is 0.238 e. The predicted octanol–water partition coefficient (Wildman–Crippen LogP) is 4.04. The van der Waals surface area contributed by atoms with Crippen LogP contribution < -0.4 is 9.88 Å². The van der Waals surface area contributed by atoms with Gasteiger partial charge in [0.15, 0.2) is 0 Å². The Bertz CT molecular complexity index is 857. The van der Waals surface area contributed by atoms with Crippen LogP contribution in [-0.4, -0.2) is 33.2 Å². The van der Waals surface area contributed by atoms with Gasteiger partial charge < -0.3 is 4.74 Å². The summed E-state index contributed by atoms with van der Waals surface area (Å²) < 4.78 is 29.6. The molecular weight excluding hydrogens is 392 g/mol. The minimum atomic E-state index is -3.75. The molecule has 0 spiro atoms. The quantitative estimate of drug-likeness (QED) is 0.747. The van der Waals surface area contributed by atoms with Crippen molar-refractivity contribution in [3.8, 4) is 11.5 Å². The second-order valence-electron chi connectivity index (χ2n) is 6.16. The van der Waals surface area contributed by atoms with E-state index in [9.17, 15) is 8.42 Å². The molecule has 142 valence electrons. The third kappa shape index (κ3) is 4.72. The first-order chi connectivity index (χ1) is 11.9. The zero-order valence-corrected chi connectivity index (χ0v) is 17.2. The van der Waals surface area contributed by atoms with Crippen LogP contribution in [0.1, 0.15) is 24.4 Å². The van der Waals surface area contributed by atoms with Gasteiger partial charge in [0.05, 0.1) is 4.90 Å². The smallest absolute Gasteiger partial charge is 0.238 e. The summed E-state index contributed by atoms with van der Waals surface area (Å²) in [6, 6.07) is 12.8. The molecule has 1 aliphatic heterocycles. The molecule has 1 atom stereocenters. The highest BCUT2D eigenvalue weighted by molar-refractivity contribution is 7.98. The fraction of sp³-hybridized carbons (Fsp3) is 0.333. The van der Waals surface area contributed by atoms with Crippen LogP contribution in [0.25, 0.3) is 0 Å². The molecule has 3 rings (SSSR count). The number of nitrogens with two attached hydrogens (primary N) is 1. The van der Waals surface area contributed by atoms with Crippen molar-refractivity contribution in [1.82, 2.24) is 4.90 Å². The van der Waals surface area contributed by atoms with Gasteiger partial charge in [-0.05, 0) is 75.2 Å². The van der Waals surface area contributed by atoms with Crippen LogP contribution in [0.5, 0.6) is 11.5 Å². The largest absolute Gasteiger partial charge is 0.457 e. The van der Waals surface area contributed by atoms with Gasteiger partial charge in [-0.1, -0.05) is 0 Å². The van der Waals surface area contributed by atoms with Crippen molar-refractivity contribution in [2.45, 2.75) is 28.7 Å². The summed E-state index contributed by atoms with van der Waals surface area (Å²) in [7, 11) is -1.71. The molecule has 26 heavy (non-hydrogen) atoms. The Morgan fingerprint density at radius 2 is 1.88 bits per heavy atom. The molecule has 5 nitrogen and oxygen atoms in total. The van der Waals surface area contributed by atoms with Crippen LogP contribution >= 0.6 is 24.2 Å². The summed E-state index contributed by atoms with van der Waals surface area (Å²) in [6.45, 7) is 0.978. The van der Waals surface area contributed by atoms with Crippen LogP contribution in [0.2, 0.25) is 0 Å². The summed E-state index contributed by atoms with van der Waals surface area (Å²) in [5.74, 6) is 1.39. The van der Waals surface area contributed by atoms with Crippen molar-refractivity contribution >= 4 is 34.2 Å². The number of rotatable bonds is 5. The molecule has 0 aromatic heterocycles. The van der Waals surface area contributed by atoms with Crippen molar-refractivity contribution < 1.29 is 13.2 Å². The average Bonchev–Trinajstić information content (AvgIpc) is 3.01. The van der Waals surface area contributed by atoms with E-state index in [1.54, 1.807) is 23.9 Å². The van der Waals surface area contributed by atoms with E-state index >= 15 is 0 Å². The van der Waals surface area contributed by atoms with Gasteiger partial charge in [0.1, 0.15) is 11.5 Å². The SMILES string of the molecule is CSc1ccc(Oc2ccc(S(N)(=O)=O)cc2C2CCCN2C)cc1.Cl. The lowest BCUT2D eigenvalue weighted by Crippen LogP contribution is -2.19.